The number of nitrogens with one attached hydrogen (secondary N) is 1. The van der Waals surface area contributed by atoms with E-state index in [0.717, 1.165) is 11.1 Å². The summed E-state index contributed by atoms with van der Waals surface area (Å²) in [6.45, 7) is 0. The van der Waals surface area contributed by atoms with Crippen molar-refractivity contribution < 1.29 is 0 Å². The van der Waals surface area contributed by atoms with Crippen molar-refractivity contribution >= 4 is 23.2 Å². The molecule has 1 heterocycles. The minimum Gasteiger partial charge on any atom is -0.367 e. The molecule has 0 aliphatic heterocycles. The first kappa shape index (κ1) is 8.67. The van der Waals surface area contributed by atoms with Crippen LogP contribution < -0.4 is 0 Å². The number of aromatic amines is 1. The van der Waals surface area contributed by atoms with Crippen LogP contribution in [0.5, 0.6) is 0 Å². The molecule has 0 radical (unpaired) electrons. The summed E-state index contributed by atoms with van der Waals surface area (Å²) in [5.74, 6) is 0. The van der Waals surface area contributed by atoms with Gasteiger partial charge in [-0.1, -0.05) is 23.2 Å². The molecule has 1 N–H and O–H groups in total. The normalized spacial score (nSPS) is 10.3. The highest BCUT2D eigenvalue weighted by molar-refractivity contribution is 6.35. The monoisotopic (exact) mass is 211 g/mol. The van der Waals surface area contributed by atoms with Crippen LogP contribution in [0.3, 0.4) is 0 Å². The second-order valence-electron chi connectivity index (χ2n) is 2.76. The van der Waals surface area contributed by atoms with Crippen LogP contribution in [-0.4, -0.2) is 4.98 Å². The number of benzene rings is 1. The topological polar surface area (TPSA) is 15.8 Å². The minimum absolute atomic E-state index is 0.656. The molecule has 0 fully saturated rings. The first-order valence-corrected chi connectivity index (χ1v) is 4.60. The number of H-pyrrole nitrogens is 1. The second kappa shape index (κ2) is 3.44. The van der Waals surface area contributed by atoms with Crippen LogP contribution in [-0.2, 0) is 0 Å². The molecule has 0 bridgehead atoms. The Morgan fingerprint density at radius 1 is 0.923 bits per heavy atom. The van der Waals surface area contributed by atoms with Crippen molar-refractivity contribution in [3.8, 4) is 11.1 Å². The fourth-order valence-corrected chi connectivity index (χ4v) is 1.75. The van der Waals surface area contributed by atoms with E-state index >= 15 is 0 Å². The number of aromatic nitrogens is 1. The number of hydrogen-bond acceptors (Lipinski definition) is 0. The van der Waals surface area contributed by atoms with Crippen molar-refractivity contribution in [1.29, 1.82) is 0 Å². The molecule has 66 valence electrons. The Bertz CT molecular complexity index is 387. The smallest absolute Gasteiger partial charge is 0.0426 e. The van der Waals surface area contributed by atoms with Gasteiger partial charge >= 0.3 is 0 Å². The zero-order valence-electron chi connectivity index (χ0n) is 6.72. The Hall–Kier alpha value is -0.920. The third kappa shape index (κ3) is 1.87. The summed E-state index contributed by atoms with van der Waals surface area (Å²) < 4.78 is 0. The molecular weight excluding hydrogens is 205 g/mol. The molecule has 0 unspecified atom stereocenters. The highest BCUT2D eigenvalue weighted by atomic mass is 35.5. The summed E-state index contributed by atoms with van der Waals surface area (Å²) in [6, 6.07) is 7.47. The number of halogens is 2. The first-order chi connectivity index (χ1) is 6.25. The van der Waals surface area contributed by atoms with Crippen molar-refractivity contribution in [2.45, 2.75) is 0 Å². The van der Waals surface area contributed by atoms with Gasteiger partial charge in [0.1, 0.15) is 0 Å². The molecule has 2 aromatic rings. The van der Waals surface area contributed by atoms with Crippen molar-refractivity contribution in [2.24, 2.45) is 0 Å². The van der Waals surface area contributed by atoms with E-state index in [4.69, 9.17) is 23.2 Å². The average molecular weight is 212 g/mol. The molecule has 1 aromatic carbocycles. The maximum atomic E-state index is 5.87. The van der Waals surface area contributed by atoms with E-state index in [0.29, 0.717) is 10.0 Å². The number of hydrogen-bond donors (Lipinski definition) is 1. The molecule has 1 nitrogen and oxygen atoms in total. The summed E-state index contributed by atoms with van der Waals surface area (Å²) >= 11 is 11.7. The van der Waals surface area contributed by atoms with E-state index in [2.05, 4.69) is 4.98 Å². The lowest BCUT2D eigenvalue weighted by molar-refractivity contribution is 1.41. The van der Waals surface area contributed by atoms with Crippen molar-refractivity contribution in [3.05, 3.63) is 46.7 Å². The molecule has 0 amide bonds. The largest absolute Gasteiger partial charge is 0.367 e. The quantitative estimate of drug-likeness (QED) is 0.735. The molecule has 1 aromatic heterocycles. The molecule has 0 aliphatic carbocycles. The van der Waals surface area contributed by atoms with Crippen LogP contribution in [0.25, 0.3) is 11.1 Å². The van der Waals surface area contributed by atoms with Crippen molar-refractivity contribution in [3.63, 3.8) is 0 Å². The molecule has 0 saturated heterocycles. The van der Waals surface area contributed by atoms with Crippen LogP contribution in [0.2, 0.25) is 10.0 Å². The second-order valence-corrected chi connectivity index (χ2v) is 3.63. The molecular formula is C10H7Cl2N. The fourth-order valence-electron chi connectivity index (χ4n) is 1.22. The first-order valence-electron chi connectivity index (χ1n) is 3.85. The van der Waals surface area contributed by atoms with Crippen LogP contribution in [0.4, 0.5) is 0 Å². The Morgan fingerprint density at radius 2 is 1.62 bits per heavy atom. The third-order valence-corrected chi connectivity index (χ3v) is 2.23. The van der Waals surface area contributed by atoms with E-state index in [1.807, 2.05) is 30.6 Å². The van der Waals surface area contributed by atoms with E-state index in [1.165, 1.54) is 0 Å². The van der Waals surface area contributed by atoms with Crippen molar-refractivity contribution in [1.82, 2.24) is 4.98 Å². The van der Waals surface area contributed by atoms with Gasteiger partial charge in [-0.3, -0.25) is 0 Å². The van der Waals surface area contributed by atoms with Gasteiger partial charge in [0.05, 0.1) is 0 Å². The minimum atomic E-state index is 0.656. The molecule has 0 aliphatic rings. The summed E-state index contributed by atoms with van der Waals surface area (Å²) in [7, 11) is 0. The lowest BCUT2D eigenvalue weighted by atomic mass is 10.1. The average Bonchev–Trinajstić information content (AvgIpc) is 2.53. The fraction of sp³-hybridized carbons (Fsp3) is 0. The lowest BCUT2D eigenvalue weighted by Crippen LogP contribution is -1.74. The van der Waals surface area contributed by atoms with E-state index < -0.39 is 0 Å². The molecule has 2 rings (SSSR count). The maximum absolute atomic E-state index is 5.87. The summed E-state index contributed by atoms with van der Waals surface area (Å²) in [6.07, 6.45) is 3.77. The highest BCUT2D eigenvalue weighted by Gasteiger charge is 2.00. The molecule has 0 saturated carbocycles. The van der Waals surface area contributed by atoms with Crippen molar-refractivity contribution in [2.75, 3.05) is 0 Å². The van der Waals surface area contributed by atoms with Crippen LogP contribution >= 0.6 is 23.2 Å². The van der Waals surface area contributed by atoms with Gasteiger partial charge in [0.2, 0.25) is 0 Å². The Kier molecular flexibility index (Phi) is 2.30. The SMILES string of the molecule is Clc1cc(Cl)cc(-c2cc[nH]c2)c1. The van der Waals surface area contributed by atoms with Gasteiger partial charge in [0, 0.05) is 22.4 Å². The van der Waals surface area contributed by atoms with Crippen LogP contribution in [0.1, 0.15) is 0 Å². The van der Waals surface area contributed by atoms with Gasteiger partial charge in [-0.2, -0.15) is 0 Å². The zero-order chi connectivity index (χ0) is 9.26. The lowest BCUT2D eigenvalue weighted by Gasteiger charge is -1.99. The van der Waals surface area contributed by atoms with Crippen LogP contribution in [0, 0.1) is 0 Å². The summed E-state index contributed by atoms with van der Waals surface area (Å²) in [4.78, 5) is 2.98. The zero-order valence-corrected chi connectivity index (χ0v) is 8.23. The molecule has 13 heavy (non-hydrogen) atoms. The third-order valence-electron chi connectivity index (χ3n) is 1.79. The van der Waals surface area contributed by atoms with E-state index in [1.54, 1.807) is 6.07 Å². The number of rotatable bonds is 1. The molecule has 0 spiro atoms. The predicted octanol–water partition coefficient (Wildman–Crippen LogP) is 3.99. The van der Waals surface area contributed by atoms with Gasteiger partial charge in [0.15, 0.2) is 0 Å². The Morgan fingerprint density at radius 3 is 2.15 bits per heavy atom. The highest BCUT2D eigenvalue weighted by Crippen LogP contribution is 2.26. The van der Waals surface area contributed by atoms with Gasteiger partial charge in [-0.15, -0.1) is 0 Å². The summed E-state index contributed by atoms with van der Waals surface area (Å²) in [5, 5.41) is 1.31. The van der Waals surface area contributed by atoms with E-state index in [-0.39, 0.29) is 0 Å². The maximum Gasteiger partial charge on any atom is 0.0426 e. The Labute approximate surface area is 86.3 Å². The van der Waals surface area contributed by atoms with E-state index in [9.17, 15) is 0 Å². The Balaban J connectivity index is 2.53. The molecule has 3 heteroatoms. The van der Waals surface area contributed by atoms with Gasteiger partial charge in [0.25, 0.3) is 0 Å². The van der Waals surface area contributed by atoms with Gasteiger partial charge in [-0.05, 0) is 35.4 Å². The standard InChI is InChI=1S/C10H7Cl2N/c11-9-3-8(4-10(12)5-9)7-1-2-13-6-7/h1-6,13H. The van der Waals surface area contributed by atoms with Gasteiger partial charge < -0.3 is 4.98 Å². The van der Waals surface area contributed by atoms with Gasteiger partial charge in [-0.25, -0.2) is 0 Å². The predicted molar refractivity (Wildman–Crippen MR) is 56.2 cm³/mol. The van der Waals surface area contributed by atoms with Crippen LogP contribution in [0.15, 0.2) is 36.7 Å². The summed E-state index contributed by atoms with van der Waals surface area (Å²) in [5.41, 5.74) is 2.11. The molecule has 0 atom stereocenters.